The Morgan fingerprint density at radius 3 is 2.33 bits per heavy atom. The monoisotopic (exact) mass is 205 g/mol. The topological polar surface area (TPSA) is 46.2 Å². The van der Waals surface area contributed by atoms with E-state index in [9.17, 15) is 9.59 Å². The molecular formula is C12H15NO2. The molecule has 0 saturated carbocycles. The first-order chi connectivity index (χ1) is 7.16. The van der Waals surface area contributed by atoms with Crippen molar-refractivity contribution in [3.63, 3.8) is 0 Å². The molecule has 0 bridgehead atoms. The van der Waals surface area contributed by atoms with Gasteiger partial charge in [-0.1, -0.05) is 44.2 Å². The van der Waals surface area contributed by atoms with Gasteiger partial charge in [0.05, 0.1) is 0 Å². The summed E-state index contributed by atoms with van der Waals surface area (Å²) in [7, 11) is 0. The van der Waals surface area contributed by atoms with Crippen molar-refractivity contribution in [2.24, 2.45) is 5.92 Å². The van der Waals surface area contributed by atoms with Gasteiger partial charge < -0.3 is 5.32 Å². The highest BCUT2D eigenvalue weighted by Crippen LogP contribution is 2.16. The van der Waals surface area contributed by atoms with Crippen LogP contribution in [-0.4, -0.2) is 12.2 Å². The molecule has 80 valence electrons. The maximum Gasteiger partial charge on any atom is 0.207 e. The average molecular weight is 205 g/mol. The van der Waals surface area contributed by atoms with Gasteiger partial charge in [-0.05, 0) is 5.56 Å². The lowest BCUT2D eigenvalue weighted by atomic mass is 9.96. The van der Waals surface area contributed by atoms with Crippen LogP contribution in [0.15, 0.2) is 30.3 Å². The van der Waals surface area contributed by atoms with Gasteiger partial charge in [-0.25, -0.2) is 0 Å². The first-order valence-corrected chi connectivity index (χ1v) is 4.95. The number of carbonyl (C=O) groups is 2. The molecule has 1 atom stereocenters. The van der Waals surface area contributed by atoms with E-state index in [4.69, 9.17) is 0 Å². The number of hydrogen-bond acceptors (Lipinski definition) is 2. The third-order valence-corrected chi connectivity index (χ3v) is 2.22. The van der Waals surface area contributed by atoms with Crippen molar-refractivity contribution in [3.8, 4) is 0 Å². The highest BCUT2D eigenvalue weighted by Gasteiger charge is 2.21. The van der Waals surface area contributed by atoms with Gasteiger partial charge in [0.25, 0.3) is 0 Å². The first-order valence-electron chi connectivity index (χ1n) is 4.95. The van der Waals surface area contributed by atoms with E-state index in [1.165, 1.54) is 0 Å². The molecule has 1 N–H and O–H groups in total. The molecule has 3 heteroatoms. The van der Waals surface area contributed by atoms with E-state index in [2.05, 4.69) is 5.32 Å². The standard InChI is InChI=1S/C12H15NO2/c1-9(2)12(15)11(13-8-14)10-6-4-3-5-7-10/h3-9,11H,1-2H3,(H,13,14)/t11-/m1/s1. The maximum absolute atomic E-state index is 11.8. The molecular weight excluding hydrogens is 190 g/mol. The van der Waals surface area contributed by atoms with E-state index in [0.717, 1.165) is 5.56 Å². The van der Waals surface area contributed by atoms with Gasteiger partial charge in [-0.3, -0.25) is 9.59 Å². The van der Waals surface area contributed by atoms with Crippen molar-refractivity contribution in [1.29, 1.82) is 0 Å². The second kappa shape index (κ2) is 5.29. The van der Waals surface area contributed by atoms with Crippen LogP contribution in [0.2, 0.25) is 0 Å². The van der Waals surface area contributed by atoms with Crippen LogP contribution in [0.1, 0.15) is 25.5 Å². The Morgan fingerprint density at radius 1 is 1.27 bits per heavy atom. The van der Waals surface area contributed by atoms with Crippen LogP contribution in [0.5, 0.6) is 0 Å². The summed E-state index contributed by atoms with van der Waals surface area (Å²) in [5.41, 5.74) is 0.823. The fourth-order valence-corrected chi connectivity index (χ4v) is 1.39. The zero-order valence-electron chi connectivity index (χ0n) is 8.94. The molecule has 0 spiro atoms. The Kier molecular flexibility index (Phi) is 4.03. The molecule has 1 rings (SSSR count). The molecule has 1 aromatic carbocycles. The van der Waals surface area contributed by atoms with Crippen molar-refractivity contribution in [3.05, 3.63) is 35.9 Å². The summed E-state index contributed by atoms with van der Waals surface area (Å²) >= 11 is 0. The Labute approximate surface area is 89.5 Å². The van der Waals surface area contributed by atoms with Gasteiger partial charge in [-0.15, -0.1) is 0 Å². The molecule has 1 aromatic rings. The molecule has 0 heterocycles. The average Bonchev–Trinajstić information content (AvgIpc) is 2.26. The molecule has 1 amide bonds. The zero-order valence-corrected chi connectivity index (χ0v) is 8.94. The lowest BCUT2D eigenvalue weighted by Crippen LogP contribution is -2.30. The fourth-order valence-electron chi connectivity index (χ4n) is 1.39. The van der Waals surface area contributed by atoms with Crippen LogP contribution in [0.25, 0.3) is 0 Å². The largest absolute Gasteiger partial charge is 0.345 e. The lowest BCUT2D eigenvalue weighted by Gasteiger charge is -2.17. The Bertz CT molecular complexity index is 333. The number of amides is 1. The number of rotatable bonds is 5. The molecule has 0 radical (unpaired) electrons. The predicted molar refractivity (Wildman–Crippen MR) is 58.2 cm³/mol. The second-order valence-corrected chi connectivity index (χ2v) is 3.69. The third kappa shape index (κ3) is 2.91. The Hall–Kier alpha value is -1.64. The lowest BCUT2D eigenvalue weighted by molar-refractivity contribution is -0.126. The summed E-state index contributed by atoms with van der Waals surface area (Å²) in [6.07, 6.45) is 0.567. The summed E-state index contributed by atoms with van der Waals surface area (Å²) < 4.78 is 0. The first kappa shape index (κ1) is 11.4. The molecule has 0 saturated heterocycles. The number of carbonyl (C=O) groups excluding carboxylic acids is 2. The number of ketones is 1. The zero-order chi connectivity index (χ0) is 11.3. The summed E-state index contributed by atoms with van der Waals surface area (Å²) in [6.45, 7) is 3.65. The highest BCUT2D eigenvalue weighted by molar-refractivity contribution is 5.88. The van der Waals surface area contributed by atoms with Crippen molar-refractivity contribution in [1.82, 2.24) is 5.32 Å². The molecule has 0 aliphatic carbocycles. The SMILES string of the molecule is CC(C)C(=O)[C@H](NC=O)c1ccccc1. The van der Waals surface area contributed by atoms with Gasteiger partial charge in [0, 0.05) is 5.92 Å². The molecule has 0 fully saturated rings. The van der Waals surface area contributed by atoms with E-state index in [1.807, 2.05) is 44.2 Å². The van der Waals surface area contributed by atoms with Crippen molar-refractivity contribution >= 4 is 12.2 Å². The van der Waals surface area contributed by atoms with Gasteiger partial charge in [0.2, 0.25) is 6.41 Å². The summed E-state index contributed by atoms with van der Waals surface area (Å²) in [5.74, 6) is -0.0732. The smallest absolute Gasteiger partial charge is 0.207 e. The quantitative estimate of drug-likeness (QED) is 0.744. The number of benzene rings is 1. The second-order valence-electron chi connectivity index (χ2n) is 3.69. The van der Waals surface area contributed by atoms with Crippen LogP contribution in [-0.2, 0) is 9.59 Å². The molecule has 3 nitrogen and oxygen atoms in total. The van der Waals surface area contributed by atoms with E-state index in [0.29, 0.717) is 6.41 Å². The van der Waals surface area contributed by atoms with E-state index in [1.54, 1.807) is 0 Å². The minimum Gasteiger partial charge on any atom is -0.345 e. The molecule has 0 aliphatic rings. The van der Waals surface area contributed by atoms with Gasteiger partial charge in [0.1, 0.15) is 6.04 Å². The van der Waals surface area contributed by atoms with Gasteiger partial charge in [-0.2, -0.15) is 0 Å². The van der Waals surface area contributed by atoms with Crippen molar-refractivity contribution in [2.45, 2.75) is 19.9 Å². The molecule has 15 heavy (non-hydrogen) atoms. The van der Waals surface area contributed by atoms with Crippen LogP contribution < -0.4 is 5.32 Å². The van der Waals surface area contributed by atoms with Crippen LogP contribution in [0.3, 0.4) is 0 Å². The van der Waals surface area contributed by atoms with Crippen LogP contribution in [0.4, 0.5) is 0 Å². The van der Waals surface area contributed by atoms with Crippen LogP contribution >= 0.6 is 0 Å². The third-order valence-electron chi connectivity index (χ3n) is 2.22. The molecule has 0 unspecified atom stereocenters. The highest BCUT2D eigenvalue weighted by atomic mass is 16.1. The van der Waals surface area contributed by atoms with E-state index >= 15 is 0 Å². The molecule has 0 aromatic heterocycles. The Morgan fingerprint density at radius 2 is 1.87 bits per heavy atom. The number of nitrogens with one attached hydrogen (secondary N) is 1. The minimum absolute atomic E-state index is 0.0216. The van der Waals surface area contributed by atoms with Gasteiger partial charge >= 0.3 is 0 Å². The van der Waals surface area contributed by atoms with Gasteiger partial charge in [0.15, 0.2) is 5.78 Å². The summed E-state index contributed by atoms with van der Waals surface area (Å²) in [6, 6.07) is 8.72. The minimum atomic E-state index is -0.524. The molecule has 0 aliphatic heterocycles. The summed E-state index contributed by atoms with van der Waals surface area (Å²) in [4.78, 5) is 22.3. The van der Waals surface area contributed by atoms with Crippen molar-refractivity contribution < 1.29 is 9.59 Å². The summed E-state index contributed by atoms with van der Waals surface area (Å²) in [5, 5.41) is 2.55. The van der Waals surface area contributed by atoms with Crippen molar-refractivity contribution in [2.75, 3.05) is 0 Å². The number of Topliss-reactive ketones (excluding diaryl/α,β-unsaturated/α-hetero) is 1. The Balaban J connectivity index is 2.93. The van der Waals surface area contributed by atoms with Crippen LogP contribution in [0, 0.1) is 5.92 Å². The van der Waals surface area contributed by atoms with E-state index in [-0.39, 0.29) is 11.7 Å². The fraction of sp³-hybridized carbons (Fsp3) is 0.333. The number of hydrogen-bond donors (Lipinski definition) is 1. The van der Waals surface area contributed by atoms with E-state index < -0.39 is 6.04 Å². The maximum atomic E-state index is 11.8. The normalized spacial score (nSPS) is 12.2. The predicted octanol–water partition coefficient (Wildman–Crippen LogP) is 1.70.